The maximum atomic E-state index is 5.36. The highest BCUT2D eigenvalue weighted by atomic mass is 16.4. The molecule has 0 bridgehead atoms. The van der Waals surface area contributed by atoms with Gasteiger partial charge in [-0.3, -0.25) is 0 Å². The van der Waals surface area contributed by atoms with Crippen molar-refractivity contribution in [1.82, 2.24) is 10.2 Å². The zero-order valence-corrected chi connectivity index (χ0v) is 8.66. The van der Waals surface area contributed by atoms with Gasteiger partial charge in [-0.15, -0.1) is 5.10 Å². The van der Waals surface area contributed by atoms with Crippen LogP contribution in [0.5, 0.6) is 0 Å². The summed E-state index contributed by atoms with van der Waals surface area (Å²) in [5.41, 5.74) is 0. The Labute approximate surface area is 78.7 Å². The maximum absolute atomic E-state index is 5.36. The van der Waals surface area contributed by atoms with Crippen LogP contribution in [0.2, 0.25) is 0 Å². The molecule has 0 aliphatic heterocycles. The van der Waals surface area contributed by atoms with Crippen LogP contribution in [0.1, 0.15) is 39.5 Å². The standard InChI is InChI=1S/C9H17N3O/c1-6(2)5-10-9-12-11-8(13-9)7(3)4/h6-7H,5H2,1-4H3,(H,10,12). The van der Waals surface area contributed by atoms with Gasteiger partial charge in [0, 0.05) is 12.5 Å². The first-order valence-electron chi connectivity index (χ1n) is 4.67. The van der Waals surface area contributed by atoms with Gasteiger partial charge in [0.15, 0.2) is 0 Å². The van der Waals surface area contributed by atoms with Crippen LogP contribution in [0, 0.1) is 5.92 Å². The average molecular weight is 183 g/mol. The summed E-state index contributed by atoms with van der Waals surface area (Å²) >= 11 is 0. The molecule has 1 N–H and O–H groups in total. The molecule has 1 heterocycles. The van der Waals surface area contributed by atoms with Crippen LogP contribution in [0.15, 0.2) is 4.42 Å². The third-order valence-corrected chi connectivity index (χ3v) is 1.60. The summed E-state index contributed by atoms with van der Waals surface area (Å²) < 4.78 is 5.36. The van der Waals surface area contributed by atoms with Gasteiger partial charge in [0.25, 0.3) is 0 Å². The lowest BCUT2D eigenvalue weighted by Crippen LogP contribution is -2.07. The summed E-state index contributed by atoms with van der Waals surface area (Å²) in [6.45, 7) is 9.18. The fourth-order valence-corrected chi connectivity index (χ4v) is 0.831. The van der Waals surface area contributed by atoms with Crippen molar-refractivity contribution >= 4 is 6.01 Å². The minimum absolute atomic E-state index is 0.294. The number of nitrogens with one attached hydrogen (secondary N) is 1. The molecule has 13 heavy (non-hydrogen) atoms. The fourth-order valence-electron chi connectivity index (χ4n) is 0.831. The molecule has 4 heteroatoms. The SMILES string of the molecule is CC(C)CNc1nnc(C(C)C)o1. The van der Waals surface area contributed by atoms with Crippen LogP contribution in [0.3, 0.4) is 0 Å². The van der Waals surface area contributed by atoms with Crippen molar-refractivity contribution in [3.8, 4) is 0 Å². The molecule has 0 aromatic carbocycles. The molecule has 0 saturated carbocycles. The van der Waals surface area contributed by atoms with Crippen molar-refractivity contribution in [3.05, 3.63) is 5.89 Å². The van der Waals surface area contributed by atoms with Crippen molar-refractivity contribution < 1.29 is 4.42 Å². The van der Waals surface area contributed by atoms with Gasteiger partial charge < -0.3 is 9.73 Å². The summed E-state index contributed by atoms with van der Waals surface area (Å²) in [6, 6.07) is 0.525. The predicted molar refractivity (Wildman–Crippen MR) is 51.7 cm³/mol. The van der Waals surface area contributed by atoms with Gasteiger partial charge >= 0.3 is 6.01 Å². The van der Waals surface area contributed by atoms with E-state index in [4.69, 9.17) is 4.42 Å². The molecule has 4 nitrogen and oxygen atoms in total. The first kappa shape index (κ1) is 10.0. The molecular weight excluding hydrogens is 166 g/mol. The molecule has 0 amide bonds. The predicted octanol–water partition coefficient (Wildman–Crippen LogP) is 2.26. The molecular formula is C9H17N3O. The molecule has 0 aliphatic rings. The highest BCUT2D eigenvalue weighted by molar-refractivity contribution is 5.17. The third kappa shape index (κ3) is 3.05. The van der Waals surface area contributed by atoms with E-state index in [1.807, 2.05) is 13.8 Å². The van der Waals surface area contributed by atoms with E-state index in [0.717, 1.165) is 6.54 Å². The summed E-state index contributed by atoms with van der Waals surface area (Å²) in [5.74, 6) is 1.56. The lowest BCUT2D eigenvalue weighted by Gasteiger charge is -2.03. The monoisotopic (exact) mass is 183 g/mol. The number of anilines is 1. The van der Waals surface area contributed by atoms with E-state index in [9.17, 15) is 0 Å². The van der Waals surface area contributed by atoms with E-state index in [1.54, 1.807) is 0 Å². The summed E-state index contributed by atoms with van der Waals surface area (Å²) in [6.07, 6.45) is 0. The second-order valence-corrected chi connectivity index (χ2v) is 3.87. The second-order valence-electron chi connectivity index (χ2n) is 3.87. The van der Waals surface area contributed by atoms with E-state index < -0.39 is 0 Å². The Morgan fingerprint density at radius 2 is 1.92 bits per heavy atom. The van der Waals surface area contributed by atoms with Gasteiger partial charge in [-0.05, 0) is 5.92 Å². The number of aromatic nitrogens is 2. The highest BCUT2D eigenvalue weighted by Crippen LogP contribution is 2.14. The Kier molecular flexibility index (Phi) is 3.28. The van der Waals surface area contributed by atoms with E-state index in [0.29, 0.717) is 23.7 Å². The van der Waals surface area contributed by atoms with Crippen molar-refractivity contribution in [2.75, 3.05) is 11.9 Å². The molecule has 0 aliphatic carbocycles. The second kappa shape index (κ2) is 4.25. The van der Waals surface area contributed by atoms with E-state index >= 15 is 0 Å². The minimum atomic E-state index is 0.294. The molecule has 1 rings (SSSR count). The molecule has 0 atom stereocenters. The van der Waals surface area contributed by atoms with Crippen molar-refractivity contribution in [3.63, 3.8) is 0 Å². The summed E-state index contributed by atoms with van der Waals surface area (Å²) in [5, 5.41) is 10.9. The van der Waals surface area contributed by atoms with E-state index in [2.05, 4.69) is 29.4 Å². The van der Waals surface area contributed by atoms with Gasteiger partial charge in [0.1, 0.15) is 0 Å². The van der Waals surface area contributed by atoms with E-state index in [1.165, 1.54) is 0 Å². The Hall–Kier alpha value is -1.06. The fraction of sp³-hybridized carbons (Fsp3) is 0.778. The highest BCUT2D eigenvalue weighted by Gasteiger charge is 2.08. The topological polar surface area (TPSA) is 51.0 Å². The lowest BCUT2D eigenvalue weighted by molar-refractivity contribution is 0.477. The van der Waals surface area contributed by atoms with E-state index in [-0.39, 0.29) is 0 Å². The Morgan fingerprint density at radius 1 is 1.23 bits per heavy atom. The Morgan fingerprint density at radius 3 is 2.38 bits per heavy atom. The van der Waals surface area contributed by atoms with Gasteiger partial charge in [0.2, 0.25) is 5.89 Å². The van der Waals surface area contributed by atoms with Crippen LogP contribution >= 0.6 is 0 Å². The molecule has 0 fully saturated rings. The quantitative estimate of drug-likeness (QED) is 0.777. The molecule has 1 aromatic rings. The van der Waals surface area contributed by atoms with Gasteiger partial charge in [-0.1, -0.05) is 32.8 Å². The summed E-state index contributed by atoms with van der Waals surface area (Å²) in [7, 11) is 0. The zero-order chi connectivity index (χ0) is 9.84. The summed E-state index contributed by atoms with van der Waals surface area (Å²) in [4.78, 5) is 0. The van der Waals surface area contributed by atoms with Crippen molar-refractivity contribution in [2.45, 2.75) is 33.6 Å². The molecule has 0 spiro atoms. The molecule has 1 aromatic heterocycles. The first-order valence-corrected chi connectivity index (χ1v) is 4.67. The molecule has 0 saturated heterocycles. The number of nitrogens with zero attached hydrogens (tertiary/aromatic N) is 2. The van der Waals surface area contributed by atoms with Gasteiger partial charge in [-0.2, -0.15) is 0 Å². The van der Waals surface area contributed by atoms with Gasteiger partial charge in [-0.25, -0.2) is 0 Å². The van der Waals surface area contributed by atoms with Crippen LogP contribution in [0.25, 0.3) is 0 Å². The first-order chi connectivity index (χ1) is 6.09. The smallest absolute Gasteiger partial charge is 0.315 e. The molecule has 74 valence electrons. The van der Waals surface area contributed by atoms with Crippen LogP contribution in [-0.4, -0.2) is 16.7 Å². The number of rotatable bonds is 4. The van der Waals surface area contributed by atoms with Crippen LogP contribution < -0.4 is 5.32 Å². The van der Waals surface area contributed by atoms with Crippen LogP contribution in [-0.2, 0) is 0 Å². The van der Waals surface area contributed by atoms with Crippen molar-refractivity contribution in [2.24, 2.45) is 5.92 Å². The average Bonchev–Trinajstić information content (AvgIpc) is 2.48. The third-order valence-electron chi connectivity index (χ3n) is 1.60. The maximum Gasteiger partial charge on any atom is 0.315 e. The van der Waals surface area contributed by atoms with Crippen molar-refractivity contribution in [1.29, 1.82) is 0 Å². The molecule has 0 unspecified atom stereocenters. The van der Waals surface area contributed by atoms with Gasteiger partial charge in [0.05, 0.1) is 0 Å². The molecule has 0 radical (unpaired) electrons. The number of hydrogen-bond acceptors (Lipinski definition) is 4. The number of hydrogen-bond donors (Lipinski definition) is 1. The Bertz CT molecular complexity index is 255. The largest absolute Gasteiger partial charge is 0.408 e. The zero-order valence-electron chi connectivity index (χ0n) is 8.66. The van der Waals surface area contributed by atoms with Crippen LogP contribution in [0.4, 0.5) is 6.01 Å². The normalized spacial score (nSPS) is 11.2. The Balaban J connectivity index is 2.49. The minimum Gasteiger partial charge on any atom is -0.408 e. The lowest BCUT2D eigenvalue weighted by atomic mass is 10.2.